The molecule has 1 aromatic carbocycles. The molecule has 0 saturated carbocycles. The summed E-state index contributed by atoms with van der Waals surface area (Å²) >= 11 is 0. The number of carbonyl (C=O) groups excluding carboxylic acids is 2. The summed E-state index contributed by atoms with van der Waals surface area (Å²) in [6.45, 7) is 5.37. The van der Waals surface area contributed by atoms with Gasteiger partial charge in [0.25, 0.3) is 0 Å². The Morgan fingerprint density at radius 3 is 2.76 bits per heavy atom. The van der Waals surface area contributed by atoms with Crippen molar-refractivity contribution in [2.24, 2.45) is 0 Å². The molecule has 1 fully saturated rings. The van der Waals surface area contributed by atoms with Gasteiger partial charge in [0.05, 0.1) is 0 Å². The zero-order valence-electron chi connectivity index (χ0n) is 12.8. The number of rotatable bonds is 2. The van der Waals surface area contributed by atoms with Gasteiger partial charge in [0.15, 0.2) is 0 Å². The second-order valence-electron chi connectivity index (χ2n) is 5.48. The van der Waals surface area contributed by atoms with Crippen LogP contribution in [0.25, 0.3) is 0 Å². The largest absolute Gasteiger partial charge is 0.333 e. The SMILES string of the molecule is Cc1ccccc1CN(C)C(=O)C(=O)N1CCCNCC1. The second kappa shape index (κ2) is 7.22. The smallest absolute Gasteiger partial charge is 0.312 e. The van der Waals surface area contributed by atoms with Crippen molar-refractivity contribution in [3.8, 4) is 0 Å². The highest BCUT2D eigenvalue weighted by atomic mass is 16.2. The lowest BCUT2D eigenvalue weighted by atomic mass is 10.1. The Hall–Kier alpha value is -1.88. The van der Waals surface area contributed by atoms with E-state index in [9.17, 15) is 9.59 Å². The van der Waals surface area contributed by atoms with Crippen LogP contribution in [0.2, 0.25) is 0 Å². The van der Waals surface area contributed by atoms with Gasteiger partial charge in [0.2, 0.25) is 0 Å². The molecular formula is C16H23N3O2. The minimum Gasteiger partial charge on any atom is -0.333 e. The summed E-state index contributed by atoms with van der Waals surface area (Å²) in [4.78, 5) is 27.7. The van der Waals surface area contributed by atoms with Crippen molar-refractivity contribution in [2.45, 2.75) is 19.9 Å². The first-order valence-corrected chi connectivity index (χ1v) is 7.39. The van der Waals surface area contributed by atoms with Crippen molar-refractivity contribution in [1.29, 1.82) is 0 Å². The zero-order chi connectivity index (χ0) is 15.2. The van der Waals surface area contributed by atoms with Crippen LogP contribution in [0.4, 0.5) is 0 Å². The Balaban J connectivity index is 1.98. The average Bonchev–Trinajstić information content (AvgIpc) is 2.77. The van der Waals surface area contributed by atoms with Crippen molar-refractivity contribution in [3.63, 3.8) is 0 Å². The lowest BCUT2D eigenvalue weighted by molar-refractivity contribution is -0.151. The van der Waals surface area contributed by atoms with Crippen LogP contribution in [0, 0.1) is 6.92 Å². The molecule has 21 heavy (non-hydrogen) atoms. The first-order valence-electron chi connectivity index (χ1n) is 7.39. The first-order chi connectivity index (χ1) is 10.1. The number of amides is 2. The van der Waals surface area contributed by atoms with E-state index >= 15 is 0 Å². The maximum atomic E-state index is 12.3. The van der Waals surface area contributed by atoms with E-state index in [0.717, 1.165) is 30.6 Å². The number of nitrogens with zero attached hydrogens (tertiary/aromatic N) is 2. The molecule has 5 heteroatoms. The molecule has 1 heterocycles. The van der Waals surface area contributed by atoms with Crippen molar-refractivity contribution in [2.75, 3.05) is 33.2 Å². The topological polar surface area (TPSA) is 52.7 Å². The monoisotopic (exact) mass is 289 g/mol. The van der Waals surface area contributed by atoms with Crippen LogP contribution in [0.5, 0.6) is 0 Å². The summed E-state index contributed by atoms with van der Waals surface area (Å²) in [6, 6.07) is 7.91. The Labute approximate surface area is 125 Å². The first kappa shape index (κ1) is 15.5. The van der Waals surface area contributed by atoms with Crippen LogP contribution in [0.3, 0.4) is 0 Å². The molecule has 1 saturated heterocycles. The highest BCUT2D eigenvalue weighted by Gasteiger charge is 2.25. The third kappa shape index (κ3) is 4.04. The van der Waals surface area contributed by atoms with Gasteiger partial charge in [0, 0.05) is 33.2 Å². The maximum Gasteiger partial charge on any atom is 0.312 e. The summed E-state index contributed by atoms with van der Waals surface area (Å²) < 4.78 is 0. The van der Waals surface area contributed by atoms with E-state index in [1.165, 1.54) is 4.90 Å². The summed E-state index contributed by atoms with van der Waals surface area (Å²) in [6.07, 6.45) is 0.889. The van der Waals surface area contributed by atoms with Crippen LogP contribution < -0.4 is 5.32 Å². The Morgan fingerprint density at radius 1 is 1.24 bits per heavy atom. The van der Waals surface area contributed by atoms with E-state index in [1.807, 2.05) is 31.2 Å². The fraction of sp³-hybridized carbons (Fsp3) is 0.500. The average molecular weight is 289 g/mol. The molecule has 0 atom stereocenters. The number of carbonyl (C=O) groups is 2. The highest BCUT2D eigenvalue weighted by molar-refractivity contribution is 6.34. The molecule has 0 radical (unpaired) electrons. The zero-order valence-corrected chi connectivity index (χ0v) is 12.8. The predicted octanol–water partition coefficient (Wildman–Crippen LogP) is 0.775. The fourth-order valence-corrected chi connectivity index (χ4v) is 2.46. The van der Waals surface area contributed by atoms with E-state index in [-0.39, 0.29) is 0 Å². The number of likely N-dealkylation sites (N-methyl/N-ethyl adjacent to an activating group) is 1. The van der Waals surface area contributed by atoms with Gasteiger partial charge in [-0.15, -0.1) is 0 Å². The van der Waals surface area contributed by atoms with Gasteiger partial charge in [0.1, 0.15) is 0 Å². The van der Waals surface area contributed by atoms with Crippen LogP contribution in [0.1, 0.15) is 17.5 Å². The molecule has 2 amide bonds. The molecule has 114 valence electrons. The quantitative estimate of drug-likeness (QED) is 0.819. The second-order valence-corrected chi connectivity index (χ2v) is 5.48. The number of hydrogen-bond donors (Lipinski definition) is 1. The van der Waals surface area contributed by atoms with Crippen LogP contribution >= 0.6 is 0 Å². The third-order valence-electron chi connectivity index (χ3n) is 3.83. The molecule has 1 aliphatic rings. The Kier molecular flexibility index (Phi) is 5.33. The molecule has 1 aliphatic heterocycles. The van der Waals surface area contributed by atoms with Gasteiger partial charge in [-0.1, -0.05) is 24.3 Å². The van der Waals surface area contributed by atoms with E-state index in [2.05, 4.69) is 5.32 Å². The Bertz CT molecular complexity index is 508. The molecule has 0 unspecified atom stereocenters. The van der Waals surface area contributed by atoms with Crippen molar-refractivity contribution in [3.05, 3.63) is 35.4 Å². The van der Waals surface area contributed by atoms with Gasteiger partial charge < -0.3 is 15.1 Å². The molecule has 2 rings (SSSR count). The molecule has 0 aromatic heterocycles. The molecule has 1 N–H and O–H groups in total. The molecular weight excluding hydrogens is 266 g/mol. The molecule has 5 nitrogen and oxygen atoms in total. The minimum absolute atomic E-state index is 0.394. The van der Waals surface area contributed by atoms with Gasteiger partial charge in [-0.2, -0.15) is 0 Å². The minimum atomic E-state index is -0.430. The van der Waals surface area contributed by atoms with Gasteiger partial charge in [-0.3, -0.25) is 9.59 Å². The summed E-state index contributed by atoms with van der Waals surface area (Å²) in [7, 11) is 1.68. The normalized spacial score (nSPS) is 15.4. The van der Waals surface area contributed by atoms with Gasteiger partial charge in [-0.05, 0) is 31.0 Å². The third-order valence-corrected chi connectivity index (χ3v) is 3.83. The Morgan fingerprint density at radius 2 is 2.00 bits per heavy atom. The number of aryl methyl sites for hydroxylation is 1. The number of nitrogens with one attached hydrogen (secondary N) is 1. The fourth-order valence-electron chi connectivity index (χ4n) is 2.46. The molecule has 0 bridgehead atoms. The van der Waals surface area contributed by atoms with Crippen LogP contribution in [-0.2, 0) is 16.1 Å². The molecule has 1 aromatic rings. The number of benzene rings is 1. The predicted molar refractivity (Wildman–Crippen MR) is 81.7 cm³/mol. The lowest BCUT2D eigenvalue weighted by Gasteiger charge is -2.23. The lowest BCUT2D eigenvalue weighted by Crippen LogP contribution is -2.44. The van der Waals surface area contributed by atoms with Gasteiger partial charge >= 0.3 is 11.8 Å². The maximum absolute atomic E-state index is 12.3. The summed E-state index contributed by atoms with van der Waals surface area (Å²) in [5, 5.41) is 3.23. The van der Waals surface area contributed by atoms with Gasteiger partial charge in [-0.25, -0.2) is 0 Å². The molecule has 0 spiro atoms. The van der Waals surface area contributed by atoms with Crippen molar-refractivity contribution < 1.29 is 9.59 Å². The van der Waals surface area contributed by atoms with Crippen LogP contribution in [0.15, 0.2) is 24.3 Å². The molecule has 0 aliphatic carbocycles. The summed E-state index contributed by atoms with van der Waals surface area (Å²) in [5.41, 5.74) is 2.20. The van der Waals surface area contributed by atoms with E-state index in [0.29, 0.717) is 19.6 Å². The van der Waals surface area contributed by atoms with Crippen molar-refractivity contribution in [1.82, 2.24) is 15.1 Å². The standard InChI is InChI=1S/C16H23N3O2/c1-13-6-3-4-7-14(13)12-18(2)15(20)16(21)19-10-5-8-17-9-11-19/h3-4,6-7,17H,5,8-12H2,1-2H3. The number of hydrogen-bond acceptors (Lipinski definition) is 3. The van der Waals surface area contributed by atoms with E-state index in [4.69, 9.17) is 0 Å². The van der Waals surface area contributed by atoms with Crippen LogP contribution in [-0.4, -0.2) is 54.8 Å². The van der Waals surface area contributed by atoms with Crippen molar-refractivity contribution >= 4 is 11.8 Å². The van der Waals surface area contributed by atoms with E-state index < -0.39 is 11.8 Å². The highest BCUT2D eigenvalue weighted by Crippen LogP contribution is 2.10. The summed E-state index contributed by atoms with van der Waals surface area (Å²) in [5.74, 6) is -0.824. The van der Waals surface area contributed by atoms with E-state index in [1.54, 1.807) is 11.9 Å².